The second-order valence-corrected chi connectivity index (χ2v) is 8.15. The van der Waals surface area contributed by atoms with E-state index in [-0.39, 0.29) is 12.8 Å². The normalized spacial score (nSPS) is 55.5. The molecule has 3 aliphatic heterocycles. The number of carbonyl (C=O) groups is 1. The zero-order valence-corrected chi connectivity index (χ0v) is 10.5. The Labute approximate surface area is 90.9 Å². The van der Waals surface area contributed by atoms with Gasteiger partial charge in [0, 0.05) is 0 Å². The van der Waals surface area contributed by atoms with Crippen LogP contribution >= 0.6 is 0 Å². The minimum atomic E-state index is -4.00. The van der Waals surface area contributed by atoms with Gasteiger partial charge in [-0.15, -0.1) is 0 Å². The van der Waals surface area contributed by atoms with Crippen LogP contribution in [0.3, 0.4) is 0 Å². The number of carbonyl (C=O) groups excluding carboxylic acids is 1. The summed E-state index contributed by atoms with van der Waals surface area (Å²) in [6.07, 6.45) is -3.18. The second-order valence-electron chi connectivity index (χ2n) is 3.27. The van der Waals surface area contributed by atoms with Crippen LogP contribution in [0.25, 0.3) is 0 Å². The smallest absolute Gasteiger partial charge is 0.369 e. The van der Waals surface area contributed by atoms with Crippen molar-refractivity contribution >= 4 is 26.5 Å². The van der Waals surface area contributed by atoms with Crippen LogP contribution in [0.15, 0.2) is 0 Å². The maximum Gasteiger partial charge on any atom is -0.369 e. The van der Waals surface area contributed by atoms with Crippen LogP contribution in [0.4, 0.5) is 0 Å². The van der Waals surface area contributed by atoms with Gasteiger partial charge in [0.15, 0.2) is 0 Å². The van der Waals surface area contributed by atoms with Crippen molar-refractivity contribution in [3.63, 3.8) is 0 Å². The monoisotopic (exact) mass is 331 g/mol. The summed E-state index contributed by atoms with van der Waals surface area (Å²) in [6.45, 7) is -0.231. The van der Waals surface area contributed by atoms with Gasteiger partial charge < -0.3 is 6.15 Å². The standard InChI is InChI=1S/C6H9O7.H3N.Sb/c7-1-2(8)3(9)4(10)5(11)6(12)13;;/h2-5,7,11H,1H2,(H,12,13);1H3;/q-3;;+3/t2-,3-,4-,5-;;/m1../s1. The number of aliphatic hydroxyl groups excluding tert-OH is 2. The average molecular weight is 332 g/mol. The van der Waals surface area contributed by atoms with Crippen molar-refractivity contribution in [1.82, 2.24) is 6.15 Å². The largest absolute Gasteiger partial charge is 0.369 e. The Morgan fingerprint density at radius 2 is 1.93 bits per heavy atom. The van der Waals surface area contributed by atoms with E-state index in [1.807, 2.05) is 0 Å². The summed E-state index contributed by atoms with van der Waals surface area (Å²) in [6, 6.07) is 0. The summed E-state index contributed by atoms with van der Waals surface area (Å²) < 4.78 is 20.6. The number of hydrogen-bond donors (Lipinski definition) is 3. The summed E-state index contributed by atoms with van der Waals surface area (Å²) >= 11 is -4.00. The van der Waals surface area contributed by atoms with Gasteiger partial charge in [0.25, 0.3) is 0 Å². The Bertz CT molecular complexity index is 297. The average Bonchev–Trinajstić information content (AvgIpc) is 2.66. The molecular weight excluding hydrogens is 320 g/mol. The van der Waals surface area contributed by atoms with Crippen LogP contribution < -0.4 is 6.15 Å². The van der Waals surface area contributed by atoms with Gasteiger partial charge in [0.1, 0.15) is 0 Å². The van der Waals surface area contributed by atoms with Crippen molar-refractivity contribution < 1.29 is 27.1 Å². The molecule has 1 unspecified atom stereocenters. The molecule has 5 atom stereocenters. The first-order valence-corrected chi connectivity index (χ1v) is 8.29. The zero-order valence-electron chi connectivity index (χ0n) is 7.90. The molecule has 15 heavy (non-hydrogen) atoms. The quantitative estimate of drug-likeness (QED) is 0.469. The molecular formula is C6H12NO7Sb. The Morgan fingerprint density at radius 1 is 1.27 bits per heavy atom. The topological polar surface area (TPSA) is 131 Å². The van der Waals surface area contributed by atoms with Crippen molar-refractivity contribution in [1.29, 1.82) is 0 Å². The molecule has 0 aromatic rings. The molecule has 9 heteroatoms. The molecule has 1 spiro atoms. The molecule has 0 aromatic heterocycles. The molecule has 3 rings (SSSR count). The third-order valence-electron chi connectivity index (χ3n) is 2.39. The van der Waals surface area contributed by atoms with Gasteiger partial charge in [-0.2, -0.15) is 0 Å². The van der Waals surface area contributed by atoms with E-state index < -0.39 is 50.9 Å². The van der Waals surface area contributed by atoms with Crippen LogP contribution in [0, 0.1) is 0 Å². The Balaban J connectivity index is 0.000000853. The molecule has 3 saturated heterocycles. The van der Waals surface area contributed by atoms with E-state index in [4.69, 9.17) is 17.2 Å². The SMILES string of the molecule is O=C1[O][Sb-]23[O][C@H]([C@H]([O]2)[C@@H](CO)[O]3)[C@H]1O.[NH4+]. The van der Waals surface area contributed by atoms with E-state index in [0.29, 0.717) is 0 Å². The van der Waals surface area contributed by atoms with Crippen molar-refractivity contribution in [2.24, 2.45) is 0 Å². The summed E-state index contributed by atoms with van der Waals surface area (Å²) in [5, 5.41) is 18.4. The fourth-order valence-corrected chi connectivity index (χ4v) is 8.05. The van der Waals surface area contributed by atoms with E-state index >= 15 is 0 Å². The summed E-state index contributed by atoms with van der Waals surface area (Å²) in [4.78, 5) is 11.1. The third-order valence-corrected chi connectivity index (χ3v) is 7.92. The van der Waals surface area contributed by atoms with Crippen LogP contribution in [-0.4, -0.2) is 67.7 Å². The maximum absolute atomic E-state index is 11.1. The minimum absolute atomic E-state index is 0. The number of rotatable bonds is 1. The predicted octanol–water partition coefficient (Wildman–Crippen LogP) is -2.11. The number of hydrogen-bond acceptors (Lipinski definition) is 7. The first-order valence-electron chi connectivity index (χ1n) is 4.12. The first kappa shape index (κ1) is 11.5. The Hall–Kier alpha value is 0.0482. The van der Waals surface area contributed by atoms with Gasteiger partial charge in [-0.05, 0) is 0 Å². The van der Waals surface area contributed by atoms with Crippen LogP contribution in [0.1, 0.15) is 0 Å². The van der Waals surface area contributed by atoms with Gasteiger partial charge in [-0.1, -0.05) is 0 Å². The number of quaternary nitrogens is 1. The van der Waals surface area contributed by atoms with Crippen molar-refractivity contribution in [3.05, 3.63) is 0 Å². The molecule has 88 valence electrons. The van der Waals surface area contributed by atoms with Gasteiger partial charge in [-0.3, -0.25) is 0 Å². The van der Waals surface area contributed by atoms with Gasteiger partial charge in [0.2, 0.25) is 0 Å². The summed E-state index contributed by atoms with van der Waals surface area (Å²) in [5.41, 5.74) is 0. The Morgan fingerprint density at radius 3 is 2.60 bits per heavy atom. The number of fused-ring (bicyclic) bond motifs is 3. The molecule has 3 fully saturated rings. The third kappa shape index (κ3) is 1.41. The first-order chi connectivity index (χ1) is 6.65. The summed E-state index contributed by atoms with van der Waals surface area (Å²) in [5.74, 6) is -0.744. The van der Waals surface area contributed by atoms with E-state index in [2.05, 4.69) is 0 Å². The van der Waals surface area contributed by atoms with E-state index in [1.165, 1.54) is 0 Å². The molecule has 8 nitrogen and oxygen atoms in total. The van der Waals surface area contributed by atoms with Crippen LogP contribution in [0.5, 0.6) is 0 Å². The molecule has 3 bridgehead atoms. The molecule has 3 heterocycles. The van der Waals surface area contributed by atoms with Crippen LogP contribution in [0.2, 0.25) is 0 Å². The van der Waals surface area contributed by atoms with Crippen molar-refractivity contribution in [3.8, 4) is 0 Å². The fraction of sp³-hybridized carbons (Fsp3) is 0.833. The van der Waals surface area contributed by atoms with Gasteiger partial charge in [0.05, 0.1) is 0 Å². The predicted molar refractivity (Wildman–Crippen MR) is 45.5 cm³/mol. The van der Waals surface area contributed by atoms with Gasteiger partial charge in [-0.25, -0.2) is 0 Å². The summed E-state index contributed by atoms with van der Waals surface area (Å²) in [7, 11) is 0. The minimum Gasteiger partial charge on any atom is -0.369 e. The molecule has 0 aliphatic carbocycles. The maximum atomic E-state index is 11.1. The second kappa shape index (κ2) is 3.53. The van der Waals surface area contributed by atoms with Crippen molar-refractivity contribution in [2.45, 2.75) is 24.4 Å². The molecule has 0 radical (unpaired) electrons. The Kier molecular flexibility index (Phi) is 2.71. The molecule has 0 amide bonds. The van der Waals surface area contributed by atoms with E-state index in [0.717, 1.165) is 0 Å². The van der Waals surface area contributed by atoms with Gasteiger partial charge >= 0.3 is 84.5 Å². The fourth-order valence-electron chi connectivity index (χ4n) is 1.74. The van der Waals surface area contributed by atoms with Crippen LogP contribution in [-0.2, 0) is 16.9 Å². The molecule has 0 saturated carbocycles. The number of aliphatic hydroxyl groups is 2. The zero-order chi connectivity index (χ0) is 9.92. The molecule has 3 aliphatic rings. The van der Waals surface area contributed by atoms with Crippen molar-refractivity contribution in [2.75, 3.05) is 6.61 Å². The van der Waals surface area contributed by atoms with E-state index in [9.17, 15) is 9.90 Å². The van der Waals surface area contributed by atoms with E-state index in [1.54, 1.807) is 0 Å². The molecule has 6 N–H and O–H groups in total. The molecule has 0 aromatic carbocycles.